The molecular formula is C19H17N5O2S. The lowest BCUT2D eigenvalue weighted by Gasteiger charge is -2.12. The fourth-order valence-corrected chi connectivity index (χ4v) is 3.65. The van der Waals surface area contributed by atoms with Crippen LogP contribution in [0.3, 0.4) is 0 Å². The summed E-state index contributed by atoms with van der Waals surface area (Å²) >= 11 is 1.47. The summed E-state index contributed by atoms with van der Waals surface area (Å²) in [5.41, 5.74) is 1.43. The van der Waals surface area contributed by atoms with Crippen LogP contribution >= 0.6 is 11.8 Å². The van der Waals surface area contributed by atoms with Crippen molar-refractivity contribution in [2.45, 2.75) is 17.3 Å². The van der Waals surface area contributed by atoms with Crippen molar-refractivity contribution in [1.82, 2.24) is 24.7 Å². The number of aromatic amines is 1. The molecule has 2 aromatic carbocycles. The van der Waals surface area contributed by atoms with Crippen LogP contribution in [0.15, 0.2) is 64.8 Å². The summed E-state index contributed by atoms with van der Waals surface area (Å²) in [5, 5.41) is 9.41. The van der Waals surface area contributed by atoms with Gasteiger partial charge in [-0.2, -0.15) is 0 Å². The Morgan fingerprint density at radius 3 is 2.89 bits per heavy atom. The molecule has 136 valence electrons. The summed E-state index contributed by atoms with van der Waals surface area (Å²) in [7, 11) is 1.63. The number of hydrogen-bond donors (Lipinski definition) is 1. The van der Waals surface area contributed by atoms with Crippen molar-refractivity contribution in [3.63, 3.8) is 0 Å². The number of ether oxygens (including phenoxy) is 1. The fourth-order valence-electron chi connectivity index (χ4n) is 2.75. The fraction of sp³-hybridized carbons (Fsp3) is 0.158. The lowest BCUT2D eigenvalue weighted by molar-refractivity contribution is 0.414. The molecule has 0 saturated carbocycles. The standard InChI is InChI=1S/C19H17N5O2S/c1-12(17-21-16-9-4-3-8-15(16)18(25)22-17)27-19-23-20-11-24(19)13-6-5-7-14(10-13)26-2/h3-12H,1-2H3,(H,21,22,25). The van der Waals surface area contributed by atoms with Gasteiger partial charge in [0.25, 0.3) is 5.56 Å². The molecule has 0 aliphatic carbocycles. The zero-order chi connectivity index (χ0) is 18.8. The average Bonchev–Trinajstić information content (AvgIpc) is 3.16. The normalized spacial score (nSPS) is 12.2. The quantitative estimate of drug-likeness (QED) is 0.535. The van der Waals surface area contributed by atoms with E-state index in [2.05, 4.69) is 20.2 Å². The Labute approximate surface area is 159 Å². The number of hydrogen-bond acceptors (Lipinski definition) is 6. The molecule has 0 aliphatic rings. The molecule has 1 unspecified atom stereocenters. The number of thioether (sulfide) groups is 1. The minimum atomic E-state index is -0.141. The first kappa shape index (κ1) is 17.3. The number of nitrogens with one attached hydrogen (secondary N) is 1. The summed E-state index contributed by atoms with van der Waals surface area (Å²) in [5.74, 6) is 1.36. The maximum absolute atomic E-state index is 12.3. The van der Waals surface area contributed by atoms with Gasteiger partial charge in [0, 0.05) is 6.07 Å². The van der Waals surface area contributed by atoms with Gasteiger partial charge >= 0.3 is 0 Å². The Morgan fingerprint density at radius 2 is 2.04 bits per heavy atom. The number of rotatable bonds is 5. The highest BCUT2D eigenvalue weighted by Gasteiger charge is 2.17. The monoisotopic (exact) mass is 379 g/mol. The van der Waals surface area contributed by atoms with Crippen LogP contribution in [0.25, 0.3) is 16.6 Å². The number of H-pyrrole nitrogens is 1. The number of para-hydroxylation sites is 1. The first-order valence-electron chi connectivity index (χ1n) is 8.36. The number of methoxy groups -OCH3 is 1. The van der Waals surface area contributed by atoms with E-state index in [1.165, 1.54) is 11.8 Å². The number of aromatic nitrogens is 5. The van der Waals surface area contributed by atoms with Crippen LogP contribution in [0, 0.1) is 0 Å². The van der Waals surface area contributed by atoms with Crippen molar-refractivity contribution >= 4 is 22.7 Å². The van der Waals surface area contributed by atoms with Crippen LogP contribution in [0.5, 0.6) is 5.75 Å². The molecule has 0 spiro atoms. The van der Waals surface area contributed by atoms with Gasteiger partial charge < -0.3 is 9.72 Å². The SMILES string of the molecule is COc1cccc(-n2cnnc2SC(C)c2nc3ccccc3c(=O)[nH]2)c1. The predicted octanol–water partition coefficient (Wildman–Crippen LogP) is 3.37. The summed E-state index contributed by atoms with van der Waals surface area (Å²) in [4.78, 5) is 19.8. The van der Waals surface area contributed by atoms with Gasteiger partial charge in [-0.15, -0.1) is 10.2 Å². The third kappa shape index (κ3) is 3.43. The van der Waals surface area contributed by atoms with Crippen molar-refractivity contribution in [3.05, 3.63) is 71.0 Å². The van der Waals surface area contributed by atoms with Gasteiger partial charge in [0.2, 0.25) is 0 Å². The van der Waals surface area contributed by atoms with Crippen LogP contribution < -0.4 is 10.3 Å². The van der Waals surface area contributed by atoms with Crippen LogP contribution in [0.2, 0.25) is 0 Å². The molecule has 0 fully saturated rings. The van der Waals surface area contributed by atoms with Gasteiger partial charge in [0.1, 0.15) is 17.9 Å². The molecule has 0 radical (unpaired) electrons. The number of benzene rings is 2. The van der Waals surface area contributed by atoms with Crippen molar-refractivity contribution in [2.24, 2.45) is 0 Å². The molecule has 0 bridgehead atoms. The molecule has 0 aliphatic heterocycles. The van der Waals surface area contributed by atoms with E-state index in [0.29, 0.717) is 21.9 Å². The summed E-state index contributed by atoms with van der Waals surface area (Å²) in [6, 6.07) is 15.0. The second kappa shape index (κ2) is 7.24. The molecule has 27 heavy (non-hydrogen) atoms. The Bertz CT molecular complexity index is 1150. The van der Waals surface area contributed by atoms with Crippen molar-refractivity contribution in [1.29, 1.82) is 0 Å². The van der Waals surface area contributed by atoms with Crippen molar-refractivity contribution < 1.29 is 4.74 Å². The van der Waals surface area contributed by atoms with Gasteiger partial charge in [0.15, 0.2) is 5.16 Å². The van der Waals surface area contributed by atoms with E-state index >= 15 is 0 Å². The molecule has 1 atom stereocenters. The summed E-state index contributed by atoms with van der Waals surface area (Å²) in [6.45, 7) is 1.97. The minimum Gasteiger partial charge on any atom is -0.497 e. The second-order valence-corrected chi connectivity index (χ2v) is 7.22. The molecule has 1 N–H and O–H groups in total. The molecule has 8 heteroatoms. The zero-order valence-corrected chi connectivity index (χ0v) is 15.6. The topological polar surface area (TPSA) is 85.7 Å². The van der Waals surface area contributed by atoms with Gasteiger partial charge in [-0.25, -0.2) is 4.98 Å². The Morgan fingerprint density at radius 1 is 1.19 bits per heavy atom. The maximum atomic E-state index is 12.3. The molecule has 2 heterocycles. The second-order valence-electron chi connectivity index (χ2n) is 5.91. The van der Waals surface area contributed by atoms with Crippen molar-refractivity contribution in [3.8, 4) is 11.4 Å². The first-order valence-corrected chi connectivity index (χ1v) is 9.24. The van der Waals surface area contributed by atoms with E-state index in [1.54, 1.807) is 19.5 Å². The predicted molar refractivity (Wildman–Crippen MR) is 105 cm³/mol. The van der Waals surface area contributed by atoms with E-state index in [1.807, 2.05) is 54.0 Å². The van der Waals surface area contributed by atoms with E-state index < -0.39 is 0 Å². The van der Waals surface area contributed by atoms with Crippen LogP contribution in [0.4, 0.5) is 0 Å². The van der Waals surface area contributed by atoms with Gasteiger partial charge in [-0.1, -0.05) is 30.0 Å². The van der Waals surface area contributed by atoms with E-state index in [9.17, 15) is 4.79 Å². The van der Waals surface area contributed by atoms with E-state index in [0.717, 1.165) is 11.4 Å². The molecule has 4 rings (SSSR count). The Kier molecular flexibility index (Phi) is 4.64. The molecule has 0 amide bonds. The molecule has 2 aromatic heterocycles. The van der Waals surface area contributed by atoms with Crippen LogP contribution in [-0.4, -0.2) is 31.8 Å². The first-order chi connectivity index (χ1) is 13.2. The maximum Gasteiger partial charge on any atom is 0.258 e. The number of fused-ring (bicyclic) bond motifs is 1. The number of nitrogens with zero attached hydrogens (tertiary/aromatic N) is 4. The van der Waals surface area contributed by atoms with Crippen LogP contribution in [0.1, 0.15) is 18.0 Å². The Hall–Kier alpha value is -3.13. The van der Waals surface area contributed by atoms with Gasteiger partial charge in [0.05, 0.1) is 29.0 Å². The average molecular weight is 379 g/mol. The molecule has 7 nitrogen and oxygen atoms in total. The molecule has 4 aromatic rings. The summed E-state index contributed by atoms with van der Waals surface area (Å²) < 4.78 is 7.16. The van der Waals surface area contributed by atoms with Crippen LogP contribution in [-0.2, 0) is 0 Å². The highest BCUT2D eigenvalue weighted by Crippen LogP contribution is 2.33. The lowest BCUT2D eigenvalue weighted by atomic mass is 10.2. The van der Waals surface area contributed by atoms with E-state index in [4.69, 9.17) is 4.74 Å². The zero-order valence-electron chi connectivity index (χ0n) is 14.8. The van der Waals surface area contributed by atoms with Crippen molar-refractivity contribution in [2.75, 3.05) is 7.11 Å². The summed E-state index contributed by atoms with van der Waals surface area (Å²) in [6.07, 6.45) is 1.65. The van der Waals surface area contributed by atoms with Gasteiger partial charge in [-0.05, 0) is 31.2 Å². The largest absolute Gasteiger partial charge is 0.497 e. The van der Waals surface area contributed by atoms with Gasteiger partial charge in [-0.3, -0.25) is 9.36 Å². The third-order valence-electron chi connectivity index (χ3n) is 4.15. The Balaban J connectivity index is 1.65. The smallest absolute Gasteiger partial charge is 0.258 e. The lowest BCUT2D eigenvalue weighted by Crippen LogP contribution is -2.13. The highest BCUT2D eigenvalue weighted by atomic mass is 32.2. The minimum absolute atomic E-state index is 0.115. The molecular weight excluding hydrogens is 362 g/mol. The highest BCUT2D eigenvalue weighted by molar-refractivity contribution is 7.99. The van der Waals surface area contributed by atoms with E-state index in [-0.39, 0.29) is 10.8 Å². The molecule has 0 saturated heterocycles. The third-order valence-corrected chi connectivity index (χ3v) is 5.21.